The van der Waals surface area contributed by atoms with E-state index in [1.807, 2.05) is 30.3 Å². The lowest BCUT2D eigenvalue weighted by molar-refractivity contribution is -0.113. The maximum Gasteiger partial charge on any atom is 0.215 e. The predicted molar refractivity (Wildman–Crippen MR) is 112 cm³/mol. The molecule has 0 saturated heterocycles. The molecule has 0 N–H and O–H groups in total. The van der Waals surface area contributed by atoms with Gasteiger partial charge >= 0.3 is 0 Å². The van der Waals surface area contributed by atoms with Gasteiger partial charge in [-0.3, -0.25) is 14.5 Å². The van der Waals surface area contributed by atoms with Crippen molar-refractivity contribution in [2.75, 3.05) is 12.8 Å². The highest BCUT2D eigenvalue weighted by atomic mass is 32.2. The monoisotopic (exact) mass is 378 g/mol. The number of carbonyl (C=O) groups excluding carboxylic acids is 2. The largest absolute Gasteiger partial charge is 0.297 e. The second-order valence-corrected chi connectivity index (χ2v) is 7.42. The van der Waals surface area contributed by atoms with Crippen LogP contribution in [0.4, 0.5) is 0 Å². The molecule has 0 heterocycles. The van der Waals surface area contributed by atoms with Crippen molar-refractivity contribution in [2.45, 2.75) is 19.8 Å². The first-order valence-electron chi connectivity index (χ1n) is 8.86. The van der Waals surface area contributed by atoms with Crippen molar-refractivity contribution in [3.63, 3.8) is 0 Å². The van der Waals surface area contributed by atoms with Crippen LogP contribution in [0.1, 0.15) is 34.8 Å². The highest BCUT2D eigenvalue weighted by molar-refractivity contribution is 8.14. The number of rotatable bonds is 5. The fourth-order valence-electron chi connectivity index (χ4n) is 2.99. The van der Waals surface area contributed by atoms with Crippen LogP contribution in [0.25, 0.3) is 5.70 Å². The summed E-state index contributed by atoms with van der Waals surface area (Å²) in [5, 5.41) is 0.528. The van der Waals surface area contributed by atoms with Crippen LogP contribution in [0.2, 0.25) is 0 Å². The molecule has 0 atom stereocenters. The van der Waals surface area contributed by atoms with E-state index in [-0.39, 0.29) is 11.5 Å². The summed E-state index contributed by atoms with van der Waals surface area (Å²) in [4.78, 5) is 30.0. The number of thioether (sulfide) groups is 1. The van der Waals surface area contributed by atoms with Crippen molar-refractivity contribution in [1.82, 2.24) is 4.90 Å². The normalized spacial score (nSPS) is 13.9. The maximum absolute atomic E-state index is 12.4. The van der Waals surface area contributed by atoms with E-state index in [4.69, 9.17) is 4.99 Å². The zero-order chi connectivity index (χ0) is 19.2. The second-order valence-electron chi connectivity index (χ2n) is 6.47. The molecule has 2 aromatic carbocycles. The molecule has 2 aromatic rings. The molecule has 0 radical (unpaired) electrons. The van der Waals surface area contributed by atoms with Gasteiger partial charge in [-0.15, -0.1) is 0 Å². The number of hydrogen-bond donors (Lipinski definition) is 0. The third-order valence-electron chi connectivity index (χ3n) is 4.54. The molecule has 0 saturated carbocycles. The van der Waals surface area contributed by atoms with Gasteiger partial charge in [0.15, 0.2) is 11.0 Å². The average molecular weight is 378 g/mol. The summed E-state index contributed by atoms with van der Waals surface area (Å²) in [6.45, 7) is 2.08. The molecular weight excluding hydrogens is 356 g/mol. The van der Waals surface area contributed by atoms with E-state index in [1.54, 1.807) is 19.2 Å². The number of aliphatic imine (C=N–C) groups is 1. The van der Waals surface area contributed by atoms with E-state index in [0.29, 0.717) is 10.7 Å². The van der Waals surface area contributed by atoms with Crippen molar-refractivity contribution in [3.8, 4) is 0 Å². The molecule has 0 fully saturated rings. The van der Waals surface area contributed by atoms with Crippen LogP contribution in [0.15, 0.2) is 65.2 Å². The quantitative estimate of drug-likeness (QED) is 0.335. The fraction of sp³-hybridized carbons (Fsp3) is 0.227. The van der Waals surface area contributed by atoms with Crippen molar-refractivity contribution >= 4 is 34.8 Å². The van der Waals surface area contributed by atoms with Crippen LogP contribution in [0.5, 0.6) is 0 Å². The van der Waals surface area contributed by atoms with Gasteiger partial charge in [-0.1, -0.05) is 66.4 Å². The molecule has 1 aliphatic carbocycles. The van der Waals surface area contributed by atoms with Crippen molar-refractivity contribution in [2.24, 2.45) is 4.99 Å². The number of allylic oxidation sites excluding steroid dienone is 1. The van der Waals surface area contributed by atoms with Gasteiger partial charge in [0, 0.05) is 18.2 Å². The zero-order valence-corrected chi connectivity index (χ0v) is 16.3. The third kappa shape index (κ3) is 4.55. The lowest BCUT2D eigenvalue weighted by atomic mass is 9.90. The SMILES string of the molecule is CC1=C(/N=C(/SCC(=O)c2ccccc2)N(C)C=O)c2ccccc2CC1. The van der Waals surface area contributed by atoms with Crippen molar-refractivity contribution in [1.29, 1.82) is 0 Å². The zero-order valence-electron chi connectivity index (χ0n) is 15.5. The molecule has 3 rings (SSSR count). The van der Waals surface area contributed by atoms with E-state index in [1.165, 1.54) is 27.8 Å². The standard InChI is InChI=1S/C22H22N2O2S/c1-16-12-13-17-8-6-7-11-19(17)21(16)23-22(24(2)15-25)27-14-20(26)18-9-4-3-5-10-18/h3-11,15H,12-14H2,1-2H3/b23-22+. The van der Waals surface area contributed by atoms with Crippen LogP contribution in [-0.2, 0) is 11.2 Å². The van der Waals surface area contributed by atoms with Gasteiger partial charge in [-0.25, -0.2) is 4.99 Å². The summed E-state index contributed by atoms with van der Waals surface area (Å²) >= 11 is 1.29. The molecule has 5 heteroatoms. The average Bonchev–Trinajstić information content (AvgIpc) is 2.72. The predicted octanol–water partition coefficient (Wildman–Crippen LogP) is 4.42. The van der Waals surface area contributed by atoms with Crippen molar-refractivity contribution < 1.29 is 9.59 Å². The van der Waals surface area contributed by atoms with Gasteiger partial charge in [-0.05, 0) is 30.9 Å². The van der Waals surface area contributed by atoms with Crippen molar-refractivity contribution in [3.05, 3.63) is 76.9 Å². The Morgan fingerprint density at radius 1 is 1.11 bits per heavy atom. The number of fused-ring (bicyclic) bond motifs is 1. The summed E-state index contributed by atoms with van der Waals surface area (Å²) in [6, 6.07) is 17.4. The van der Waals surface area contributed by atoms with Gasteiger partial charge in [0.25, 0.3) is 0 Å². The number of benzene rings is 2. The maximum atomic E-state index is 12.4. The molecule has 0 bridgehead atoms. The van der Waals surface area contributed by atoms with E-state index in [2.05, 4.69) is 19.1 Å². The second kappa shape index (κ2) is 8.82. The Kier molecular flexibility index (Phi) is 6.24. The number of amidine groups is 1. The van der Waals surface area contributed by atoms with Crippen LogP contribution in [0.3, 0.4) is 0 Å². The minimum atomic E-state index is 0.0161. The number of amides is 1. The molecule has 27 heavy (non-hydrogen) atoms. The van der Waals surface area contributed by atoms with Crippen LogP contribution < -0.4 is 0 Å². The Labute approximate surface area is 164 Å². The van der Waals surface area contributed by atoms with Crippen LogP contribution >= 0.6 is 11.8 Å². The summed E-state index contributed by atoms with van der Waals surface area (Å²) in [7, 11) is 1.66. The van der Waals surface area contributed by atoms with Gasteiger partial charge < -0.3 is 0 Å². The lowest BCUT2D eigenvalue weighted by Crippen LogP contribution is -2.24. The molecule has 0 aromatic heterocycles. The Hall–Kier alpha value is -2.66. The number of aryl methyl sites for hydroxylation is 1. The smallest absolute Gasteiger partial charge is 0.215 e. The highest BCUT2D eigenvalue weighted by Gasteiger charge is 2.18. The van der Waals surface area contributed by atoms with E-state index < -0.39 is 0 Å². The first-order valence-corrected chi connectivity index (χ1v) is 9.84. The van der Waals surface area contributed by atoms with Crippen LogP contribution in [0, 0.1) is 0 Å². The minimum absolute atomic E-state index is 0.0161. The minimum Gasteiger partial charge on any atom is -0.297 e. The lowest BCUT2D eigenvalue weighted by Gasteiger charge is -2.21. The molecule has 1 aliphatic rings. The number of Topliss-reactive ketones (excluding diaryl/α,β-unsaturated/α-hetero) is 1. The van der Waals surface area contributed by atoms with E-state index in [0.717, 1.165) is 30.5 Å². The molecule has 0 spiro atoms. The van der Waals surface area contributed by atoms with Gasteiger partial charge in [0.2, 0.25) is 6.41 Å². The Bertz CT molecular complexity index is 904. The first kappa shape index (κ1) is 19.1. The number of nitrogens with zero attached hydrogens (tertiary/aromatic N) is 2. The summed E-state index contributed by atoms with van der Waals surface area (Å²) in [5.41, 5.74) is 5.13. The molecule has 138 valence electrons. The number of carbonyl (C=O) groups is 2. The molecular formula is C22H22N2O2S. The summed E-state index contributed by atoms with van der Waals surface area (Å²) < 4.78 is 0. The Morgan fingerprint density at radius 2 is 1.81 bits per heavy atom. The molecule has 0 unspecified atom stereocenters. The van der Waals surface area contributed by atoms with Gasteiger partial charge in [0.1, 0.15) is 0 Å². The number of ketones is 1. The van der Waals surface area contributed by atoms with E-state index >= 15 is 0 Å². The Balaban J connectivity index is 1.86. The third-order valence-corrected chi connectivity index (χ3v) is 5.59. The molecule has 4 nitrogen and oxygen atoms in total. The first-order chi connectivity index (χ1) is 13.1. The summed E-state index contributed by atoms with van der Waals surface area (Å²) in [6.07, 6.45) is 2.67. The van der Waals surface area contributed by atoms with Crippen LogP contribution in [-0.4, -0.2) is 35.1 Å². The van der Waals surface area contributed by atoms with Gasteiger partial charge in [-0.2, -0.15) is 0 Å². The summed E-state index contributed by atoms with van der Waals surface area (Å²) in [5.74, 6) is 0.247. The number of hydrogen-bond acceptors (Lipinski definition) is 4. The fourth-order valence-corrected chi connectivity index (χ4v) is 3.82. The highest BCUT2D eigenvalue weighted by Crippen LogP contribution is 2.33. The van der Waals surface area contributed by atoms with E-state index in [9.17, 15) is 9.59 Å². The topological polar surface area (TPSA) is 49.7 Å². The molecule has 0 aliphatic heterocycles. The molecule has 1 amide bonds. The Morgan fingerprint density at radius 3 is 2.56 bits per heavy atom. The van der Waals surface area contributed by atoms with Gasteiger partial charge in [0.05, 0.1) is 11.4 Å².